The van der Waals surface area contributed by atoms with E-state index in [0.29, 0.717) is 0 Å². The summed E-state index contributed by atoms with van der Waals surface area (Å²) < 4.78 is 32.9. The monoisotopic (exact) mass is 276 g/mol. The topological polar surface area (TPSA) is 105 Å². The third-order valence-corrected chi connectivity index (χ3v) is 1.99. The van der Waals surface area contributed by atoms with Gasteiger partial charge in [0.1, 0.15) is 5.56 Å². The number of alkyl halides is 2. The minimum absolute atomic E-state index is 0.0319. The van der Waals surface area contributed by atoms with Crippen LogP contribution in [0.1, 0.15) is 17.3 Å². The third-order valence-electron chi connectivity index (χ3n) is 1.99. The molecule has 0 aliphatic rings. The number of carbonyl (C=O) groups is 1. The number of esters is 1. The Morgan fingerprint density at radius 1 is 1.53 bits per heavy atom. The van der Waals surface area contributed by atoms with Crippen molar-refractivity contribution in [2.75, 3.05) is 12.3 Å². The van der Waals surface area contributed by atoms with Gasteiger partial charge in [-0.2, -0.15) is 8.78 Å². The van der Waals surface area contributed by atoms with Gasteiger partial charge in [-0.05, 0) is 13.0 Å². The summed E-state index contributed by atoms with van der Waals surface area (Å²) in [6, 6.07) is 1.81. The van der Waals surface area contributed by atoms with Crippen LogP contribution in [0.3, 0.4) is 0 Å². The fourth-order valence-electron chi connectivity index (χ4n) is 1.37. The Kier molecular flexibility index (Phi) is 4.56. The van der Waals surface area contributed by atoms with Crippen molar-refractivity contribution >= 4 is 17.3 Å². The molecule has 0 aromatic heterocycles. The molecule has 0 unspecified atom stereocenters. The number of ether oxygens (including phenoxy) is 2. The van der Waals surface area contributed by atoms with Crippen molar-refractivity contribution in [3.8, 4) is 5.75 Å². The molecule has 1 aromatic carbocycles. The lowest BCUT2D eigenvalue weighted by atomic mass is 10.1. The van der Waals surface area contributed by atoms with Gasteiger partial charge >= 0.3 is 18.3 Å². The van der Waals surface area contributed by atoms with Crippen LogP contribution in [0.2, 0.25) is 0 Å². The second kappa shape index (κ2) is 5.94. The van der Waals surface area contributed by atoms with Crippen molar-refractivity contribution in [3.05, 3.63) is 27.8 Å². The average Bonchev–Trinajstić information content (AvgIpc) is 2.26. The van der Waals surface area contributed by atoms with Gasteiger partial charge in [0.15, 0.2) is 0 Å². The Morgan fingerprint density at radius 3 is 2.63 bits per heavy atom. The molecule has 0 aliphatic carbocycles. The number of anilines is 1. The van der Waals surface area contributed by atoms with Crippen molar-refractivity contribution in [2.45, 2.75) is 13.5 Å². The van der Waals surface area contributed by atoms with E-state index in [1.807, 2.05) is 0 Å². The standard InChI is InChI=1S/C10H10F2N2O5/c1-2-18-9(15)6-3-5(13)4-7(19-10(11)12)8(6)14(16)17/h3-4,10H,2,13H2,1H3. The van der Waals surface area contributed by atoms with Gasteiger partial charge in [0.25, 0.3) is 0 Å². The highest BCUT2D eigenvalue weighted by Crippen LogP contribution is 2.35. The van der Waals surface area contributed by atoms with E-state index in [2.05, 4.69) is 9.47 Å². The normalized spacial score (nSPS) is 10.3. The lowest BCUT2D eigenvalue weighted by Crippen LogP contribution is -2.12. The maximum Gasteiger partial charge on any atom is 0.387 e. The number of carbonyl (C=O) groups excluding carboxylic acids is 1. The molecule has 7 nitrogen and oxygen atoms in total. The molecule has 0 saturated carbocycles. The van der Waals surface area contributed by atoms with E-state index in [4.69, 9.17) is 5.73 Å². The highest BCUT2D eigenvalue weighted by molar-refractivity contribution is 5.96. The van der Waals surface area contributed by atoms with Crippen LogP contribution < -0.4 is 10.5 Å². The second-order valence-electron chi connectivity index (χ2n) is 3.27. The number of nitrogens with two attached hydrogens (primary N) is 1. The molecule has 19 heavy (non-hydrogen) atoms. The van der Waals surface area contributed by atoms with E-state index in [9.17, 15) is 23.7 Å². The van der Waals surface area contributed by atoms with Crippen molar-refractivity contribution in [3.63, 3.8) is 0 Å². The van der Waals surface area contributed by atoms with Crippen molar-refractivity contribution in [1.82, 2.24) is 0 Å². The molecule has 0 atom stereocenters. The van der Waals surface area contributed by atoms with E-state index in [1.165, 1.54) is 6.92 Å². The van der Waals surface area contributed by atoms with Gasteiger partial charge in [0.2, 0.25) is 5.75 Å². The van der Waals surface area contributed by atoms with Gasteiger partial charge in [-0.3, -0.25) is 10.1 Å². The number of hydrogen-bond acceptors (Lipinski definition) is 6. The Morgan fingerprint density at radius 2 is 2.16 bits per heavy atom. The van der Waals surface area contributed by atoms with Gasteiger partial charge in [-0.15, -0.1) is 0 Å². The van der Waals surface area contributed by atoms with Gasteiger partial charge in [-0.25, -0.2) is 4.79 Å². The van der Waals surface area contributed by atoms with E-state index < -0.39 is 34.5 Å². The van der Waals surface area contributed by atoms with Crippen LogP contribution in [0.4, 0.5) is 20.2 Å². The molecule has 2 N–H and O–H groups in total. The number of nitro benzene ring substituents is 1. The van der Waals surface area contributed by atoms with Crippen LogP contribution >= 0.6 is 0 Å². The minimum atomic E-state index is -3.28. The first-order valence-electron chi connectivity index (χ1n) is 5.06. The maximum atomic E-state index is 12.2. The molecule has 104 valence electrons. The summed E-state index contributed by atoms with van der Waals surface area (Å²) >= 11 is 0. The van der Waals surface area contributed by atoms with E-state index in [1.54, 1.807) is 0 Å². The van der Waals surface area contributed by atoms with Crippen LogP contribution in [0.5, 0.6) is 5.75 Å². The summed E-state index contributed by atoms with van der Waals surface area (Å²) in [7, 11) is 0. The number of nitrogen functional groups attached to an aromatic ring is 1. The highest BCUT2D eigenvalue weighted by atomic mass is 19.3. The molecule has 0 heterocycles. The Bertz CT molecular complexity index is 507. The molecule has 1 aromatic rings. The molecule has 0 fully saturated rings. The summed E-state index contributed by atoms with van der Waals surface area (Å²) in [6.07, 6.45) is 0. The summed E-state index contributed by atoms with van der Waals surface area (Å²) in [5.41, 5.74) is 3.80. The molecule has 0 spiro atoms. The molecule has 0 radical (unpaired) electrons. The fraction of sp³-hybridized carbons (Fsp3) is 0.300. The van der Waals surface area contributed by atoms with Crippen molar-refractivity contribution in [2.24, 2.45) is 0 Å². The quantitative estimate of drug-likeness (QED) is 0.381. The Labute approximate surface area is 106 Å². The predicted octanol–water partition coefficient (Wildman–Crippen LogP) is 1.96. The average molecular weight is 276 g/mol. The first-order valence-corrected chi connectivity index (χ1v) is 5.06. The molecule has 0 saturated heterocycles. The van der Waals surface area contributed by atoms with Gasteiger partial charge < -0.3 is 15.2 Å². The SMILES string of the molecule is CCOC(=O)c1cc(N)cc(OC(F)F)c1[N+](=O)[O-]. The minimum Gasteiger partial charge on any atom is -0.462 e. The van der Waals surface area contributed by atoms with Crippen LogP contribution in [-0.4, -0.2) is 24.1 Å². The third kappa shape index (κ3) is 3.50. The van der Waals surface area contributed by atoms with E-state index >= 15 is 0 Å². The number of hydrogen-bond donors (Lipinski definition) is 1. The summed E-state index contributed by atoms with van der Waals surface area (Å²) in [5.74, 6) is -1.83. The van der Waals surface area contributed by atoms with Crippen LogP contribution in [-0.2, 0) is 4.74 Å². The Balaban J connectivity index is 3.39. The van der Waals surface area contributed by atoms with E-state index in [-0.39, 0.29) is 12.3 Å². The zero-order valence-electron chi connectivity index (χ0n) is 9.76. The maximum absolute atomic E-state index is 12.2. The zero-order valence-corrected chi connectivity index (χ0v) is 9.76. The summed E-state index contributed by atoms with van der Waals surface area (Å²) in [4.78, 5) is 21.4. The molecule has 0 amide bonds. The molecule has 0 aliphatic heterocycles. The molecular formula is C10H10F2N2O5. The number of rotatable bonds is 5. The largest absolute Gasteiger partial charge is 0.462 e. The van der Waals surface area contributed by atoms with Crippen LogP contribution in [0.15, 0.2) is 12.1 Å². The smallest absolute Gasteiger partial charge is 0.387 e. The van der Waals surface area contributed by atoms with Gasteiger partial charge in [0.05, 0.1) is 11.5 Å². The molecule has 9 heteroatoms. The lowest BCUT2D eigenvalue weighted by molar-refractivity contribution is -0.386. The summed E-state index contributed by atoms with van der Waals surface area (Å²) in [5, 5.41) is 10.9. The first kappa shape index (κ1) is 14.6. The number of halogens is 2. The second-order valence-corrected chi connectivity index (χ2v) is 3.27. The predicted molar refractivity (Wildman–Crippen MR) is 60.1 cm³/mol. The summed E-state index contributed by atoms with van der Waals surface area (Å²) in [6.45, 7) is -1.82. The number of nitro groups is 1. The fourth-order valence-corrected chi connectivity index (χ4v) is 1.37. The van der Waals surface area contributed by atoms with E-state index in [0.717, 1.165) is 12.1 Å². The van der Waals surface area contributed by atoms with Crippen LogP contribution in [0, 0.1) is 10.1 Å². The molecule has 1 rings (SSSR count). The zero-order chi connectivity index (χ0) is 14.6. The van der Waals surface area contributed by atoms with Crippen molar-refractivity contribution in [1.29, 1.82) is 0 Å². The van der Waals surface area contributed by atoms with Crippen LogP contribution in [0.25, 0.3) is 0 Å². The Hall–Kier alpha value is -2.45. The van der Waals surface area contributed by atoms with Crippen molar-refractivity contribution < 1.29 is 28.0 Å². The highest BCUT2D eigenvalue weighted by Gasteiger charge is 2.29. The van der Waals surface area contributed by atoms with Gasteiger partial charge in [0, 0.05) is 11.8 Å². The number of nitrogens with zero attached hydrogens (tertiary/aromatic N) is 1. The number of benzene rings is 1. The van der Waals surface area contributed by atoms with Gasteiger partial charge in [-0.1, -0.05) is 0 Å². The molecule has 0 bridgehead atoms. The lowest BCUT2D eigenvalue weighted by Gasteiger charge is -2.09. The first-order chi connectivity index (χ1) is 8.86. The molecular weight excluding hydrogens is 266 g/mol.